The molecule has 4 heteroatoms. The number of nitrogens with one attached hydrogen (secondary N) is 1. The van der Waals surface area contributed by atoms with Crippen molar-refractivity contribution in [3.05, 3.63) is 18.1 Å². The summed E-state index contributed by atoms with van der Waals surface area (Å²) in [5.74, 6) is 0.870. The van der Waals surface area contributed by atoms with Crippen LogP contribution in [-0.2, 0) is 0 Å². The Balaban J connectivity index is 1.91. The first-order valence-electron chi connectivity index (χ1n) is 4.99. The number of anilines is 1. The molecule has 0 bridgehead atoms. The SMILES string of the molecule is Cc1cc(NCC2(N)CCC2)ncn1. The summed E-state index contributed by atoms with van der Waals surface area (Å²) in [6, 6.07) is 1.93. The van der Waals surface area contributed by atoms with Gasteiger partial charge in [0.05, 0.1) is 0 Å². The minimum atomic E-state index is -0.00114. The van der Waals surface area contributed by atoms with Gasteiger partial charge in [-0.3, -0.25) is 0 Å². The highest BCUT2D eigenvalue weighted by molar-refractivity contribution is 5.35. The van der Waals surface area contributed by atoms with Crippen LogP contribution in [0.1, 0.15) is 25.0 Å². The van der Waals surface area contributed by atoms with Gasteiger partial charge in [-0.1, -0.05) is 0 Å². The lowest BCUT2D eigenvalue weighted by molar-refractivity contribution is 0.265. The summed E-state index contributed by atoms with van der Waals surface area (Å²) in [6.45, 7) is 2.76. The smallest absolute Gasteiger partial charge is 0.129 e. The van der Waals surface area contributed by atoms with Crippen LogP contribution in [0, 0.1) is 6.92 Å². The van der Waals surface area contributed by atoms with Crippen molar-refractivity contribution in [2.45, 2.75) is 31.7 Å². The molecule has 0 atom stereocenters. The molecule has 3 N–H and O–H groups in total. The summed E-state index contributed by atoms with van der Waals surface area (Å²) < 4.78 is 0. The third-order valence-corrected chi connectivity index (χ3v) is 2.77. The van der Waals surface area contributed by atoms with E-state index in [0.29, 0.717) is 0 Å². The lowest BCUT2D eigenvalue weighted by atomic mass is 9.78. The second-order valence-corrected chi connectivity index (χ2v) is 4.11. The molecule has 1 aliphatic carbocycles. The van der Waals surface area contributed by atoms with Gasteiger partial charge in [0.2, 0.25) is 0 Å². The molecule has 0 amide bonds. The molecule has 1 saturated carbocycles. The maximum atomic E-state index is 6.08. The van der Waals surface area contributed by atoms with Crippen LogP contribution in [0.2, 0.25) is 0 Å². The molecule has 0 saturated heterocycles. The first kappa shape index (κ1) is 9.40. The van der Waals surface area contributed by atoms with Crippen LogP contribution in [0.3, 0.4) is 0 Å². The van der Waals surface area contributed by atoms with Crippen molar-refractivity contribution in [1.82, 2.24) is 9.97 Å². The summed E-state index contributed by atoms with van der Waals surface area (Å²) >= 11 is 0. The zero-order valence-electron chi connectivity index (χ0n) is 8.45. The van der Waals surface area contributed by atoms with Gasteiger partial charge in [-0.05, 0) is 26.2 Å². The molecule has 14 heavy (non-hydrogen) atoms. The number of hydrogen-bond donors (Lipinski definition) is 2. The molecule has 1 heterocycles. The maximum absolute atomic E-state index is 6.08. The number of rotatable bonds is 3. The highest BCUT2D eigenvalue weighted by Gasteiger charge is 2.32. The van der Waals surface area contributed by atoms with E-state index in [4.69, 9.17) is 5.73 Å². The number of nitrogens with two attached hydrogens (primary N) is 1. The van der Waals surface area contributed by atoms with Crippen molar-refractivity contribution in [3.63, 3.8) is 0 Å². The van der Waals surface area contributed by atoms with Gasteiger partial charge in [-0.25, -0.2) is 9.97 Å². The highest BCUT2D eigenvalue weighted by Crippen LogP contribution is 2.28. The molecule has 1 aromatic rings. The molecule has 0 spiro atoms. The summed E-state index contributed by atoms with van der Waals surface area (Å²) in [7, 11) is 0. The monoisotopic (exact) mass is 192 g/mol. The van der Waals surface area contributed by atoms with E-state index < -0.39 is 0 Å². The van der Waals surface area contributed by atoms with Crippen molar-refractivity contribution in [3.8, 4) is 0 Å². The molecular formula is C10H16N4. The van der Waals surface area contributed by atoms with E-state index in [2.05, 4.69) is 15.3 Å². The quantitative estimate of drug-likeness (QED) is 0.752. The molecule has 4 nitrogen and oxygen atoms in total. The molecule has 1 aromatic heterocycles. The van der Waals surface area contributed by atoms with Crippen molar-refractivity contribution < 1.29 is 0 Å². The largest absolute Gasteiger partial charge is 0.368 e. The van der Waals surface area contributed by atoms with Crippen LogP contribution in [0.25, 0.3) is 0 Å². The van der Waals surface area contributed by atoms with E-state index in [-0.39, 0.29) is 5.54 Å². The van der Waals surface area contributed by atoms with Crippen LogP contribution in [-0.4, -0.2) is 22.1 Å². The van der Waals surface area contributed by atoms with E-state index in [1.165, 1.54) is 6.42 Å². The fourth-order valence-electron chi connectivity index (χ4n) is 1.63. The number of aryl methyl sites for hydroxylation is 1. The lowest BCUT2D eigenvalue weighted by Crippen LogP contribution is -2.52. The van der Waals surface area contributed by atoms with E-state index in [1.807, 2.05) is 13.0 Å². The fraction of sp³-hybridized carbons (Fsp3) is 0.600. The van der Waals surface area contributed by atoms with Crippen LogP contribution >= 0.6 is 0 Å². The maximum Gasteiger partial charge on any atom is 0.129 e. The molecule has 2 rings (SSSR count). The zero-order valence-corrected chi connectivity index (χ0v) is 8.45. The van der Waals surface area contributed by atoms with Crippen LogP contribution in [0.15, 0.2) is 12.4 Å². The summed E-state index contributed by atoms with van der Waals surface area (Å²) in [6.07, 6.45) is 5.05. The second kappa shape index (κ2) is 3.53. The molecule has 0 unspecified atom stereocenters. The predicted octanol–water partition coefficient (Wildman–Crippen LogP) is 1.08. The van der Waals surface area contributed by atoms with Gasteiger partial charge < -0.3 is 11.1 Å². The van der Waals surface area contributed by atoms with Gasteiger partial charge in [0.25, 0.3) is 0 Å². The Morgan fingerprint density at radius 2 is 2.29 bits per heavy atom. The minimum Gasteiger partial charge on any atom is -0.368 e. The van der Waals surface area contributed by atoms with Crippen molar-refractivity contribution >= 4 is 5.82 Å². The molecule has 0 aliphatic heterocycles. The van der Waals surface area contributed by atoms with Gasteiger partial charge in [0, 0.05) is 23.8 Å². The zero-order chi connectivity index (χ0) is 10.0. The predicted molar refractivity (Wildman–Crippen MR) is 56.0 cm³/mol. The Bertz CT molecular complexity index is 320. The van der Waals surface area contributed by atoms with Gasteiger partial charge in [-0.2, -0.15) is 0 Å². The normalized spacial score (nSPS) is 18.7. The van der Waals surface area contributed by atoms with E-state index >= 15 is 0 Å². The summed E-state index contributed by atoms with van der Waals surface area (Å²) in [5.41, 5.74) is 7.06. The van der Waals surface area contributed by atoms with E-state index in [0.717, 1.165) is 30.9 Å². The first-order valence-corrected chi connectivity index (χ1v) is 4.99. The van der Waals surface area contributed by atoms with Crippen LogP contribution in [0.4, 0.5) is 5.82 Å². The van der Waals surface area contributed by atoms with Crippen molar-refractivity contribution in [2.75, 3.05) is 11.9 Å². The van der Waals surface area contributed by atoms with Gasteiger partial charge in [0.1, 0.15) is 12.1 Å². The molecule has 0 aromatic carbocycles. The van der Waals surface area contributed by atoms with Crippen molar-refractivity contribution in [2.24, 2.45) is 5.73 Å². The third kappa shape index (κ3) is 2.01. The highest BCUT2D eigenvalue weighted by atomic mass is 15.0. The Hall–Kier alpha value is -1.16. The van der Waals surface area contributed by atoms with Crippen LogP contribution in [0.5, 0.6) is 0 Å². The summed E-state index contributed by atoms with van der Waals surface area (Å²) in [4.78, 5) is 8.16. The first-order chi connectivity index (χ1) is 6.68. The molecule has 1 fully saturated rings. The molecule has 1 aliphatic rings. The molecule has 76 valence electrons. The lowest BCUT2D eigenvalue weighted by Gasteiger charge is -2.38. The number of hydrogen-bond acceptors (Lipinski definition) is 4. The summed E-state index contributed by atoms with van der Waals surface area (Å²) in [5, 5.41) is 3.25. The minimum absolute atomic E-state index is 0.00114. The Labute approximate surface area is 83.9 Å². The number of aromatic nitrogens is 2. The average molecular weight is 192 g/mol. The Kier molecular flexibility index (Phi) is 2.37. The standard InChI is InChI=1S/C10H16N4/c1-8-5-9(14-7-13-8)12-6-10(11)3-2-4-10/h5,7H,2-4,6,11H2,1H3,(H,12,13,14). The van der Waals surface area contributed by atoms with E-state index in [1.54, 1.807) is 6.33 Å². The molecule has 0 radical (unpaired) electrons. The van der Waals surface area contributed by atoms with Gasteiger partial charge >= 0.3 is 0 Å². The topological polar surface area (TPSA) is 63.8 Å². The van der Waals surface area contributed by atoms with E-state index in [9.17, 15) is 0 Å². The number of nitrogens with zero attached hydrogens (tertiary/aromatic N) is 2. The van der Waals surface area contributed by atoms with Gasteiger partial charge in [0.15, 0.2) is 0 Å². The second-order valence-electron chi connectivity index (χ2n) is 4.11. The van der Waals surface area contributed by atoms with Crippen LogP contribution < -0.4 is 11.1 Å². The third-order valence-electron chi connectivity index (χ3n) is 2.77. The average Bonchev–Trinajstić information content (AvgIpc) is 2.12. The Morgan fingerprint density at radius 1 is 1.50 bits per heavy atom. The van der Waals surface area contributed by atoms with Gasteiger partial charge in [-0.15, -0.1) is 0 Å². The molecular weight excluding hydrogens is 176 g/mol. The Morgan fingerprint density at radius 3 is 2.86 bits per heavy atom. The van der Waals surface area contributed by atoms with Crippen molar-refractivity contribution in [1.29, 1.82) is 0 Å². The fourth-order valence-corrected chi connectivity index (χ4v) is 1.63.